The summed E-state index contributed by atoms with van der Waals surface area (Å²) in [7, 11) is 1.56. The average Bonchev–Trinajstić information content (AvgIpc) is 3.07. The number of carbonyl (C=O) groups is 1. The third-order valence-corrected chi connectivity index (χ3v) is 5.40. The minimum Gasteiger partial charge on any atom is -0.342 e. The first-order valence-corrected chi connectivity index (χ1v) is 9.65. The third kappa shape index (κ3) is 3.43. The molecule has 1 aromatic heterocycles. The number of hydrogen-bond acceptors (Lipinski definition) is 3. The van der Waals surface area contributed by atoms with Gasteiger partial charge in [-0.3, -0.25) is 4.79 Å². The summed E-state index contributed by atoms with van der Waals surface area (Å²) in [6, 6.07) is 1.64. The van der Waals surface area contributed by atoms with Crippen LogP contribution in [-0.2, 0) is 15.6 Å². The van der Waals surface area contributed by atoms with E-state index in [0.29, 0.717) is 18.8 Å². The zero-order valence-corrected chi connectivity index (χ0v) is 14.0. The summed E-state index contributed by atoms with van der Waals surface area (Å²) >= 11 is 0. The lowest BCUT2D eigenvalue weighted by Crippen LogP contribution is -2.39. The van der Waals surface area contributed by atoms with Crippen LogP contribution in [0.3, 0.4) is 0 Å². The highest BCUT2D eigenvalue weighted by Gasteiger charge is 2.29. The van der Waals surface area contributed by atoms with Crippen molar-refractivity contribution in [1.29, 1.82) is 0 Å². The quantitative estimate of drug-likeness (QED) is 0.779. The topological polar surface area (TPSA) is 59.4 Å². The van der Waals surface area contributed by atoms with Crippen molar-refractivity contribution in [2.24, 2.45) is 0 Å². The highest BCUT2D eigenvalue weighted by molar-refractivity contribution is 8.13. The molecule has 0 spiro atoms. The number of aromatic nitrogens is 1. The van der Waals surface area contributed by atoms with Gasteiger partial charge in [-0.2, -0.15) is 0 Å². The van der Waals surface area contributed by atoms with E-state index in [9.17, 15) is 13.2 Å². The molecule has 0 saturated heterocycles. The van der Waals surface area contributed by atoms with Crippen molar-refractivity contribution < 1.29 is 13.2 Å². The van der Waals surface area contributed by atoms with Crippen molar-refractivity contribution in [3.05, 3.63) is 18.0 Å². The molecule has 0 radical (unpaired) electrons. The van der Waals surface area contributed by atoms with Crippen molar-refractivity contribution >= 4 is 25.6 Å². The van der Waals surface area contributed by atoms with Crippen LogP contribution in [0.4, 0.5) is 0 Å². The number of carbonyl (C=O) groups excluding carboxylic acids is 1. The molecule has 1 aliphatic rings. The molecule has 0 atom stereocenters. The summed E-state index contributed by atoms with van der Waals surface area (Å²) in [5.74, 6) is -0.113. The SMILES string of the molecule is CCN(C(=O)c1cc(S(=O)(=O)Cl)cn1CC)C1CCCC1. The van der Waals surface area contributed by atoms with E-state index >= 15 is 0 Å². The Labute approximate surface area is 130 Å². The molecule has 2 rings (SSSR count). The number of aryl methyl sites for hydroxylation is 1. The predicted molar refractivity (Wildman–Crippen MR) is 82.1 cm³/mol. The summed E-state index contributed by atoms with van der Waals surface area (Å²) < 4.78 is 24.6. The number of amides is 1. The normalized spacial score (nSPS) is 16.3. The van der Waals surface area contributed by atoms with Crippen LogP contribution in [0.25, 0.3) is 0 Å². The molecule has 0 aromatic carbocycles. The van der Waals surface area contributed by atoms with Gasteiger partial charge in [0, 0.05) is 36.0 Å². The molecular formula is C14H21ClN2O3S. The van der Waals surface area contributed by atoms with Gasteiger partial charge in [-0.05, 0) is 32.8 Å². The van der Waals surface area contributed by atoms with E-state index in [1.807, 2.05) is 18.7 Å². The Morgan fingerprint density at radius 2 is 2.00 bits per heavy atom. The van der Waals surface area contributed by atoms with E-state index in [-0.39, 0.29) is 16.8 Å². The zero-order chi connectivity index (χ0) is 15.6. The first-order valence-electron chi connectivity index (χ1n) is 7.34. The zero-order valence-electron chi connectivity index (χ0n) is 12.4. The molecule has 1 fully saturated rings. The van der Waals surface area contributed by atoms with Gasteiger partial charge in [-0.15, -0.1) is 0 Å². The monoisotopic (exact) mass is 332 g/mol. The lowest BCUT2D eigenvalue weighted by Gasteiger charge is -2.28. The molecule has 1 amide bonds. The number of nitrogens with zero attached hydrogens (tertiary/aromatic N) is 2. The largest absolute Gasteiger partial charge is 0.342 e. The maximum absolute atomic E-state index is 12.8. The molecule has 1 aliphatic carbocycles. The average molecular weight is 333 g/mol. The van der Waals surface area contributed by atoms with Crippen molar-refractivity contribution in [2.75, 3.05) is 6.54 Å². The van der Waals surface area contributed by atoms with Crippen LogP contribution in [0.5, 0.6) is 0 Å². The fraction of sp³-hybridized carbons (Fsp3) is 0.643. The first-order chi connectivity index (χ1) is 9.88. The molecule has 118 valence electrons. The lowest BCUT2D eigenvalue weighted by molar-refractivity contribution is 0.0682. The van der Waals surface area contributed by atoms with Gasteiger partial charge in [0.15, 0.2) is 0 Å². The Kier molecular flexibility index (Phi) is 4.99. The number of rotatable bonds is 5. The van der Waals surface area contributed by atoms with Gasteiger partial charge in [-0.25, -0.2) is 8.42 Å². The number of hydrogen-bond donors (Lipinski definition) is 0. The van der Waals surface area contributed by atoms with Gasteiger partial charge < -0.3 is 9.47 Å². The fourth-order valence-electron chi connectivity index (χ4n) is 2.99. The molecule has 0 bridgehead atoms. The van der Waals surface area contributed by atoms with Gasteiger partial charge in [0.2, 0.25) is 0 Å². The molecule has 1 heterocycles. The van der Waals surface area contributed by atoms with Crippen LogP contribution in [0, 0.1) is 0 Å². The van der Waals surface area contributed by atoms with Gasteiger partial charge >= 0.3 is 0 Å². The molecule has 5 nitrogen and oxygen atoms in total. The van der Waals surface area contributed by atoms with E-state index in [0.717, 1.165) is 25.7 Å². The molecule has 0 unspecified atom stereocenters. The number of halogens is 1. The third-order valence-electron chi connectivity index (χ3n) is 4.08. The van der Waals surface area contributed by atoms with Crippen molar-refractivity contribution in [3.63, 3.8) is 0 Å². The van der Waals surface area contributed by atoms with Crippen LogP contribution >= 0.6 is 10.7 Å². The van der Waals surface area contributed by atoms with Gasteiger partial charge in [0.05, 0.1) is 0 Å². The van der Waals surface area contributed by atoms with Crippen molar-refractivity contribution in [1.82, 2.24) is 9.47 Å². The van der Waals surface area contributed by atoms with E-state index in [1.54, 1.807) is 4.57 Å². The molecule has 7 heteroatoms. The van der Waals surface area contributed by atoms with Gasteiger partial charge in [0.25, 0.3) is 15.0 Å². The molecule has 0 aliphatic heterocycles. The molecule has 1 saturated carbocycles. The highest BCUT2D eigenvalue weighted by Crippen LogP contribution is 2.26. The van der Waals surface area contributed by atoms with Crippen molar-refractivity contribution in [2.45, 2.75) is 57.0 Å². The summed E-state index contributed by atoms with van der Waals surface area (Å²) in [5, 5.41) is 0. The fourth-order valence-corrected chi connectivity index (χ4v) is 3.75. The van der Waals surface area contributed by atoms with Crippen LogP contribution in [0.1, 0.15) is 50.0 Å². The van der Waals surface area contributed by atoms with Crippen molar-refractivity contribution in [3.8, 4) is 0 Å². The predicted octanol–water partition coefficient (Wildman–Crippen LogP) is 2.84. The Hall–Kier alpha value is -1.01. The first kappa shape index (κ1) is 16.4. The van der Waals surface area contributed by atoms with E-state index in [4.69, 9.17) is 10.7 Å². The minimum atomic E-state index is -3.82. The Morgan fingerprint density at radius 3 is 2.48 bits per heavy atom. The van der Waals surface area contributed by atoms with Crippen LogP contribution in [0.2, 0.25) is 0 Å². The van der Waals surface area contributed by atoms with Crippen LogP contribution < -0.4 is 0 Å². The lowest BCUT2D eigenvalue weighted by atomic mass is 10.2. The molecule has 1 aromatic rings. The molecule has 0 N–H and O–H groups in total. The summed E-state index contributed by atoms with van der Waals surface area (Å²) in [5.41, 5.74) is 0.394. The second-order valence-corrected chi connectivity index (χ2v) is 7.88. The minimum absolute atomic E-state index is 0.0168. The highest BCUT2D eigenvalue weighted by atomic mass is 35.7. The van der Waals surface area contributed by atoms with Crippen LogP contribution in [0.15, 0.2) is 17.2 Å². The van der Waals surface area contributed by atoms with E-state index in [2.05, 4.69) is 0 Å². The summed E-state index contributed by atoms with van der Waals surface area (Å²) in [4.78, 5) is 14.6. The maximum atomic E-state index is 12.8. The van der Waals surface area contributed by atoms with E-state index in [1.165, 1.54) is 12.3 Å². The van der Waals surface area contributed by atoms with Gasteiger partial charge in [0.1, 0.15) is 10.6 Å². The second kappa shape index (κ2) is 6.40. The maximum Gasteiger partial charge on any atom is 0.270 e. The Balaban J connectivity index is 2.35. The molecule has 21 heavy (non-hydrogen) atoms. The van der Waals surface area contributed by atoms with Crippen LogP contribution in [-0.4, -0.2) is 36.4 Å². The summed E-state index contributed by atoms with van der Waals surface area (Å²) in [6.45, 7) is 4.97. The Morgan fingerprint density at radius 1 is 1.38 bits per heavy atom. The summed E-state index contributed by atoms with van der Waals surface area (Å²) in [6.07, 6.45) is 5.76. The smallest absolute Gasteiger partial charge is 0.270 e. The standard InChI is InChI=1S/C14H21ClN2O3S/c1-3-16-10-12(21(15,19)20)9-13(16)14(18)17(4-2)11-7-5-6-8-11/h9-11H,3-8H2,1-2H3. The molecular weight excluding hydrogens is 312 g/mol. The van der Waals surface area contributed by atoms with Gasteiger partial charge in [-0.1, -0.05) is 12.8 Å². The van der Waals surface area contributed by atoms with E-state index < -0.39 is 9.05 Å². The second-order valence-electron chi connectivity index (χ2n) is 5.31. The Bertz CT molecular complexity index is 618.